The van der Waals surface area contributed by atoms with E-state index in [-0.39, 0.29) is 43.3 Å². The van der Waals surface area contributed by atoms with Crippen molar-refractivity contribution in [2.24, 2.45) is 5.73 Å². The third-order valence-corrected chi connectivity index (χ3v) is 7.50. The fraction of sp³-hybridized carbons (Fsp3) is 0.364. The summed E-state index contributed by atoms with van der Waals surface area (Å²) in [6, 6.07) is 20.2. The Kier molecular flexibility index (Phi) is 11.4. The number of carbonyl (C=O) groups excluding carboxylic acids is 3. The first-order valence-corrected chi connectivity index (χ1v) is 14.5. The maximum absolute atomic E-state index is 13.7. The highest BCUT2D eigenvalue weighted by molar-refractivity contribution is 5.97. The average Bonchev–Trinajstić information content (AvgIpc) is 3.03. The van der Waals surface area contributed by atoms with E-state index in [0.717, 1.165) is 5.56 Å². The van der Waals surface area contributed by atoms with Gasteiger partial charge in [0.25, 0.3) is 5.91 Å². The highest BCUT2D eigenvalue weighted by atomic mass is 16.5. The first-order valence-electron chi connectivity index (χ1n) is 14.5. The maximum atomic E-state index is 13.7. The summed E-state index contributed by atoms with van der Waals surface area (Å²) < 4.78 is 17.1. The molecule has 0 aliphatic carbocycles. The molecule has 1 atom stereocenters. The van der Waals surface area contributed by atoms with Gasteiger partial charge in [-0.25, -0.2) is 0 Å². The fourth-order valence-electron chi connectivity index (χ4n) is 5.19. The van der Waals surface area contributed by atoms with Crippen LogP contribution in [-0.2, 0) is 16.1 Å². The molecule has 228 valence electrons. The van der Waals surface area contributed by atoms with E-state index in [4.69, 9.17) is 19.9 Å². The zero-order valence-electron chi connectivity index (χ0n) is 24.8. The summed E-state index contributed by atoms with van der Waals surface area (Å²) in [7, 11) is 3.07. The van der Waals surface area contributed by atoms with Crippen LogP contribution in [0.1, 0.15) is 53.1 Å². The molecule has 1 fully saturated rings. The smallest absolute Gasteiger partial charge is 0.254 e. The minimum atomic E-state index is -0.340. The van der Waals surface area contributed by atoms with Crippen LogP contribution < -0.4 is 30.6 Å². The molecule has 4 N–H and O–H groups in total. The number of nitrogens with zero attached hydrogens (tertiary/aromatic N) is 1. The third kappa shape index (κ3) is 8.48. The number of amides is 3. The predicted octanol–water partition coefficient (Wildman–Crippen LogP) is 3.99. The van der Waals surface area contributed by atoms with E-state index < -0.39 is 0 Å². The summed E-state index contributed by atoms with van der Waals surface area (Å²) in [5.41, 5.74) is 8.10. The Morgan fingerprint density at radius 1 is 0.860 bits per heavy atom. The fourth-order valence-corrected chi connectivity index (χ4v) is 5.19. The number of hydrogen-bond donors (Lipinski definition) is 3. The zero-order valence-corrected chi connectivity index (χ0v) is 24.8. The first kappa shape index (κ1) is 31.4. The van der Waals surface area contributed by atoms with Crippen LogP contribution in [0.2, 0.25) is 0 Å². The molecule has 10 heteroatoms. The monoisotopic (exact) mass is 588 g/mol. The van der Waals surface area contributed by atoms with Gasteiger partial charge in [-0.3, -0.25) is 14.4 Å². The van der Waals surface area contributed by atoms with Crippen LogP contribution >= 0.6 is 0 Å². The van der Waals surface area contributed by atoms with Crippen LogP contribution in [0.3, 0.4) is 0 Å². The number of nitrogens with one attached hydrogen (secondary N) is 2. The van der Waals surface area contributed by atoms with E-state index in [1.165, 1.54) is 12.0 Å². The average molecular weight is 589 g/mol. The van der Waals surface area contributed by atoms with Crippen molar-refractivity contribution in [3.63, 3.8) is 0 Å². The molecule has 4 rings (SSSR count). The van der Waals surface area contributed by atoms with Gasteiger partial charge in [0.1, 0.15) is 11.5 Å². The second-order valence-corrected chi connectivity index (χ2v) is 10.3. The largest absolute Gasteiger partial charge is 0.496 e. The molecule has 0 bridgehead atoms. The predicted molar refractivity (Wildman–Crippen MR) is 164 cm³/mol. The van der Waals surface area contributed by atoms with E-state index in [1.54, 1.807) is 43.5 Å². The van der Waals surface area contributed by atoms with Gasteiger partial charge in [-0.2, -0.15) is 0 Å². The molecule has 10 nitrogen and oxygen atoms in total. The lowest BCUT2D eigenvalue weighted by Gasteiger charge is -2.24. The minimum Gasteiger partial charge on any atom is -0.496 e. The van der Waals surface area contributed by atoms with Crippen molar-refractivity contribution in [2.75, 3.05) is 40.4 Å². The van der Waals surface area contributed by atoms with Crippen molar-refractivity contribution in [1.29, 1.82) is 0 Å². The summed E-state index contributed by atoms with van der Waals surface area (Å²) in [4.78, 5) is 40.8. The summed E-state index contributed by atoms with van der Waals surface area (Å²) >= 11 is 0. The van der Waals surface area contributed by atoms with Crippen molar-refractivity contribution in [3.05, 3.63) is 83.4 Å². The van der Waals surface area contributed by atoms with Gasteiger partial charge in [-0.1, -0.05) is 36.4 Å². The van der Waals surface area contributed by atoms with E-state index in [9.17, 15) is 14.4 Å². The van der Waals surface area contributed by atoms with Crippen molar-refractivity contribution < 1.29 is 28.6 Å². The van der Waals surface area contributed by atoms with Crippen LogP contribution in [0.4, 0.5) is 0 Å². The zero-order chi connectivity index (χ0) is 30.6. The van der Waals surface area contributed by atoms with Gasteiger partial charge in [-0.05, 0) is 61.1 Å². The second kappa shape index (κ2) is 15.6. The molecular formula is C33H40N4O6. The molecule has 3 aromatic rings. The van der Waals surface area contributed by atoms with Crippen LogP contribution in [0.15, 0.2) is 66.7 Å². The Labute approximate surface area is 252 Å². The van der Waals surface area contributed by atoms with Gasteiger partial charge in [0, 0.05) is 38.2 Å². The Morgan fingerprint density at radius 3 is 2.35 bits per heavy atom. The van der Waals surface area contributed by atoms with Crippen LogP contribution in [0, 0.1) is 0 Å². The summed E-state index contributed by atoms with van der Waals surface area (Å²) in [6.45, 7) is 1.19. The molecule has 3 amide bonds. The van der Waals surface area contributed by atoms with Crippen LogP contribution in [0.5, 0.6) is 23.0 Å². The SMILES string of the molecule is COc1ccc(C(=O)N2CCCNC(=O)CCC(c3ccccc3)CCNC(=O)C2)cc1Oc1cccc(OC)c1CN. The van der Waals surface area contributed by atoms with Crippen LogP contribution in [-0.4, -0.2) is 63.0 Å². The van der Waals surface area contributed by atoms with Gasteiger partial charge in [0.15, 0.2) is 11.5 Å². The quantitative estimate of drug-likeness (QED) is 0.380. The molecule has 0 saturated carbocycles. The van der Waals surface area contributed by atoms with Gasteiger partial charge in [-0.15, -0.1) is 0 Å². The second-order valence-electron chi connectivity index (χ2n) is 10.3. The molecule has 1 aliphatic rings. The molecule has 43 heavy (non-hydrogen) atoms. The van der Waals surface area contributed by atoms with Gasteiger partial charge >= 0.3 is 0 Å². The Hall–Kier alpha value is -4.57. The van der Waals surface area contributed by atoms with Crippen molar-refractivity contribution in [1.82, 2.24) is 15.5 Å². The molecule has 0 aromatic heterocycles. The highest BCUT2D eigenvalue weighted by Gasteiger charge is 2.22. The van der Waals surface area contributed by atoms with Crippen molar-refractivity contribution in [3.8, 4) is 23.0 Å². The first-order chi connectivity index (χ1) is 20.9. The van der Waals surface area contributed by atoms with Crippen molar-refractivity contribution in [2.45, 2.75) is 38.1 Å². The molecule has 0 radical (unpaired) electrons. The number of ether oxygens (including phenoxy) is 3. The highest BCUT2D eigenvalue weighted by Crippen LogP contribution is 2.37. The van der Waals surface area contributed by atoms with E-state index in [2.05, 4.69) is 10.6 Å². The number of methoxy groups -OCH3 is 2. The number of hydrogen-bond acceptors (Lipinski definition) is 7. The lowest BCUT2D eigenvalue weighted by molar-refractivity contribution is -0.123. The molecule has 3 aromatic carbocycles. The number of benzene rings is 3. The Morgan fingerprint density at radius 2 is 1.60 bits per heavy atom. The van der Waals surface area contributed by atoms with Gasteiger partial charge in [0.05, 0.1) is 26.3 Å². The molecule has 1 unspecified atom stereocenters. The van der Waals surface area contributed by atoms with E-state index in [1.807, 2.05) is 30.3 Å². The van der Waals surface area contributed by atoms with Gasteiger partial charge < -0.3 is 35.5 Å². The number of carbonyl (C=O) groups is 3. The lowest BCUT2D eigenvalue weighted by atomic mass is 9.91. The molecule has 1 aliphatic heterocycles. The van der Waals surface area contributed by atoms with Crippen LogP contribution in [0.25, 0.3) is 0 Å². The Balaban J connectivity index is 1.52. The topological polar surface area (TPSA) is 132 Å². The molecule has 0 spiro atoms. The molecule has 1 saturated heterocycles. The van der Waals surface area contributed by atoms with E-state index >= 15 is 0 Å². The van der Waals surface area contributed by atoms with E-state index in [0.29, 0.717) is 72.9 Å². The lowest BCUT2D eigenvalue weighted by Crippen LogP contribution is -2.42. The summed E-state index contributed by atoms with van der Waals surface area (Å²) in [6.07, 6.45) is 2.27. The standard InChI is InChI=1S/C33H40N4O6/c1-41-27-10-6-11-28(26(27)21-34)43-30-20-25(12-14-29(30)42-2)33(40)37-19-7-17-35-31(38)15-13-24(16-18-36-32(39)22-37)23-8-4-3-5-9-23/h3-6,8-12,14,20,24H,7,13,15-19,21-22,34H2,1-2H3,(H,35,38)(H,36,39). The Bertz CT molecular complexity index is 1400. The molecular weight excluding hydrogens is 548 g/mol. The third-order valence-electron chi connectivity index (χ3n) is 7.50. The summed E-state index contributed by atoms with van der Waals surface area (Å²) in [5, 5.41) is 5.92. The maximum Gasteiger partial charge on any atom is 0.254 e. The van der Waals surface area contributed by atoms with Crippen molar-refractivity contribution >= 4 is 17.7 Å². The number of nitrogens with two attached hydrogens (primary N) is 1. The molecule has 1 heterocycles. The minimum absolute atomic E-state index is 0.0220. The normalized spacial score (nSPS) is 16.8. The number of rotatable bonds is 7. The summed E-state index contributed by atoms with van der Waals surface area (Å²) in [5.74, 6) is 1.35. The van der Waals surface area contributed by atoms with Gasteiger partial charge in [0.2, 0.25) is 11.8 Å².